The van der Waals surface area contributed by atoms with Gasteiger partial charge < -0.3 is 20.2 Å². The van der Waals surface area contributed by atoms with Gasteiger partial charge in [-0.05, 0) is 6.42 Å². The highest BCUT2D eigenvalue weighted by molar-refractivity contribution is 5.75. The number of aliphatic carboxylic acids is 1. The Hall–Kier alpha value is -1.30. The fraction of sp³-hybridized carbons (Fsp3) is 0.909. The lowest BCUT2D eigenvalue weighted by Crippen LogP contribution is -2.52. The van der Waals surface area contributed by atoms with E-state index in [4.69, 9.17) is 5.11 Å². The zero-order chi connectivity index (χ0) is 21.3. The lowest BCUT2D eigenvalue weighted by molar-refractivity contribution is -0.871. The van der Waals surface area contributed by atoms with Gasteiger partial charge in [-0.15, -0.1) is 0 Å². The first-order valence-electron chi connectivity index (χ1n) is 11.3. The molecule has 0 rings (SSSR count). The molecule has 1 atom stereocenters. The average molecular weight is 401 g/mol. The van der Waals surface area contributed by atoms with Gasteiger partial charge in [0.2, 0.25) is 0 Å². The second-order valence-corrected chi connectivity index (χ2v) is 9.06. The molecule has 0 aromatic rings. The lowest BCUT2D eigenvalue weighted by Gasteiger charge is -2.29. The summed E-state index contributed by atoms with van der Waals surface area (Å²) >= 11 is 0. The fourth-order valence-corrected chi connectivity index (χ4v) is 3.44. The zero-order valence-corrected chi connectivity index (χ0v) is 18.9. The molecule has 0 aromatic carbocycles. The van der Waals surface area contributed by atoms with Gasteiger partial charge in [-0.25, -0.2) is 4.79 Å². The van der Waals surface area contributed by atoms with Crippen LogP contribution in [-0.4, -0.2) is 61.9 Å². The van der Waals surface area contributed by atoms with Gasteiger partial charge >= 0.3 is 12.0 Å². The van der Waals surface area contributed by atoms with Crippen molar-refractivity contribution < 1.29 is 19.2 Å². The lowest BCUT2D eigenvalue weighted by atomic mass is 10.1. The second-order valence-electron chi connectivity index (χ2n) is 9.06. The number of unbranched alkanes of at least 4 members (excludes halogenated alkanes) is 11. The van der Waals surface area contributed by atoms with Crippen molar-refractivity contribution in [3.63, 3.8) is 0 Å². The van der Waals surface area contributed by atoms with Gasteiger partial charge in [0.15, 0.2) is 0 Å². The number of hydrogen-bond acceptors (Lipinski definition) is 2. The van der Waals surface area contributed by atoms with Crippen LogP contribution in [-0.2, 0) is 4.79 Å². The Balaban J connectivity index is 3.63. The number of carboxylic acid groups (broad SMARTS) is 1. The zero-order valence-electron chi connectivity index (χ0n) is 18.9. The van der Waals surface area contributed by atoms with Crippen molar-refractivity contribution in [2.75, 3.05) is 34.2 Å². The van der Waals surface area contributed by atoms with Gasteiger partial charge in [-0.3, -0.25) is 4.79 Å². The maximum atomic E-state index is 12.0. The predicted molar refractivity (Wildman–Crippen MR) is 117 cm³/mol. The molecule has 0 aliphatic rings. The molecule has 0 saturated carbocycles. The maximum Gasteiger partial charge on any atom is 0.315 e. The number of likely N-dealkylation sites (N-methyl/N-ethyl adjacent to an activating group) is 1. The summed E-state index contributed by atoms with van der Waals surface area (Å²) < 4.78 is 0.608. The van der Waals surface area contributed by atoms with E-state index in [1.54, 1.807) is 0 Å². The molecule has 166 valence electrons. The highest BCUT2D eigenvalue weighted by atomic mass is 16.4. The molecule has 0 bridgehead atoms. The van der Waals surface area contributed by atoms with E-state index in [1.165, 1.54) is 64.2 Å². The van der Waals surface area contributed by atoms with E-state index in [0.717, 1.165) is 12.8 Å². The van der Waals surface area contributed by atoms with E-state index in [-0.39, 0.29) is 18.5 Å². The van der Waals surface area contributed by atoms with Crippen molar-refractivity contribution >= 4 is 12.0 Å². The Morgan fingerprint density at radius 3 is 1.71 bits per heavy atom. The van der Waals surface area contributed by atoms with Gasteiger partial charge in [0.1, 0.15) is 0 Å². The molecule has 0 fully saturated rings. The summed E-state index contributed by atoms with van der Waals surface area (Å²) in [6.07, 6.45) is 15.5. The van der Waals surface area contributed by atoms with Crippen molar-refractivity contribution in [2.24, 2.45) is 0 Å². The first-order valence-corrected chi connectivity index (χ1v) is 11.3. The molecule has 0 aromatic heterocycles. The van der Waals surface area contributed by atoms with E-state index in [9.17, 15) is 9.59 Å². The average Bonchev–Trinajstić information content (AvgIpc) is 2.56. The number of rotatable bonds is 18. The smallest absolute Gasteiger partial charge is 0.315 e. The molecule has 0 radical (unpaired) electrons. The van der Waals surface area contributed by atoms with E-state index in [2.05, 4.69) is 17.6 Å². The van der Waals surface area contributed by atoms with Crippen molar-refractivity contribution in [2.45, 2.75) is 96.4 Å². The van der Waals surface area contributed by atoms with E-state index in [0.29, 0.717) is 17.6 Å². The van der Waals surface area contributed by atoms with Crippen molar-refractivity contribution in [3.05, 3.63) is 0 Å². The van der Waals surface area contributed by atoms with Crippen molar-refractivity contribution in [1.29, 1.82) is 0 Å². The van der Waals surface area contributed by atoms with Crippen LogP contribution in [0.2, 0.25) is 0 Å². The molecule has 6 nitrogen and oxygen atoms in total. The fourth-order valence-electron chi connectivity index (χ4n) is 3.44. The minimum atomic E-state index is -0.889. The highest BCUT2D eigenvalue weighted by Crippen LogP contribution is 2.11. The topological polar surface area (TPSA) is 78.4 Å². The molecule has 0 spiro atoms. The first kappa shape index (κ1) is 26.7. The van der Waals surface area contributed by atoms with Gasteiger partial charge in [-0.1, -0.05) is 77.6 Å². The van der Waals surface area contributed by atoms with E-state index in [1.807, 2.05) is 21.1 Å². The summed E-state index contributed by atoms with van der Waals surface area (Å²) in [4.78, 5) is 23.0. The van der Waals surface area contributed by atoms with Crippen LogP contribution < -0.4 is 10.6 Å². The molecule has 0 unspecified atom stereocenters. The van der Waals surface area contributed by atoms with E-state index >= 15 is 0 Å². The number of hydrogen-bond donors (Lipinski definition) is 3. The van der Waals surface area contributed by atoms with Crippen LogP contribution in [0.5, 0.6) is 0 Å². The van der Waals surface area contributed by atoms with Crippen LogP contribution in [0.3, 0.4) is 0 Å². The highest BCUT2D eigenvalue weighted by Gasteiger charge is 2.22. The number of nitrogens with zero attached hydrogens (tertiary/aromatic N) is 1. The van der Waals surface area contributed by atoms with E-state index < -0.39 is 5.97 Å². The number of carboxylic acids is 1. The second kappa shape index (κ2) is 16.6. The molecule has 0 aliphatic heterocycles. The van der Waals surface area contributed by atoms with Gasteiger partial charge in [0.25, 0.3) is 0 Å². The van der Waals surface area contributed by atoms with Gasteiger partial charge in [0, 0.05) is 6.54 Å². The maximum absolute atomic E-state index is 12.0. The van der Waals surface area contributed by atoms with Crippen LogP contribution in [0.25, 0.3) is 0 Å². The largest absolute Gasteiger partial charge is 0.481 e. The van der Waals surface area contributed by atoms with Crippen molar-refractivity contribution in [1.82, 2.24) is 10.6 Å². The molecule has 3 N–H and O–H groups in total. The summed E-state index contributed by atoms with van der Waals surface area (Å²) in [7, 11) is 5.96. The Kier molecular flexibility index (Phi) is 15.9. The number of quaternary nitrogens is 1. The minimum Gasteiger partial charge on any atom is -0.481 e. The summed E-state index contributed by atoms with van der Waals surface area (Å²) in [5.41, 5.74) is 0. The number of amides is 2. The Labute approximate surface area is 173 Å². The number of urea groups is 1. The van der Waals surface area contributed by atoms with Gasteiger partial charge in [-0.2, -0.15) is 0 Å². The molecule has 2 amide bonds. The summed E-state index contributed by atoms with van der Waals surface area (Å²) in [6, 6.07) is -0.623. The monoisotopic (exact) mass is 400 g/mol. The van der Waals surface area contributed by atoms with Crippen LogP contribution >= 0.6 is 0 Å². The third-order valence-electron chi connectivity index (χ3n) is 4.84. The summed E-state index contributed by atoms with van der Waals surface area (Å²) in [5, 5.41) is 14.7. The SMILES string of the molecule is CCCCCCCCCCCCCCNC(=O)N[C@@H](CC(=O)O)C[N+](C)(C)C. The molecule has 28 heavy (non-hydrogen) atoms. The van der Waals surface area contributed by atoms with Gasteiger partial charge in [0.05, 0.1) is 40.2 Å². The first-order chi connectivity index (χ1) is 13.2. The van der Waals surface area contributed by atoms with Crippen molar-refractivity contribution in [3.8, 4) is 0 Å². The molecular weight excluding hydrogens is 354 g/mol. The third-order valence-corrected chi connectivity index (χ3v) is 4.84. The molecule has 6 heteroatoms. The number of carbonyl (C=O) groups excluding carboxylic acids is 1. The summed E-state index contributed by atoms with van der Waals surface area (Å²) in [5.74, 6) is -0.889. The van der Waals surface area contributed by atoms with Crippen LogP contribution in [0.1, 0.15) is 90.4 Å². The molecular formula is C22H46N3O3+. The standard InChI is InChI=1S/C22H45N3O3/c1-5-6-7-8-9-10-11-12-13-14-15-16-17-23-22(28)24-20(18-21(26)27)19-25(2,3)4/h20H,5-19H2,1-4H3,(H2-,23,24,26,27,28)/p+1/t20-/m0/s1. The summed E-state index contributed by atoms with van der Waals surface area (Å²) in [6.45, 7) is 3.48. The molecule has 0 saturated heterocycles. The predicted octanol–water partition coefficient (Wildman–Crippen LogP) is 4.54. The molecule has 0 heterocycles. The normalized spacial score (nSPS) is 12.6. The Bertz CT molecular complexity index is 408. The Morgan fingerprint density at radius 2 is 1.29 bits per heavy atom. The quantitative estimate of drug-likeness (QED) is 0.233. The Morgan fingerprint density at radius 1 is 0.821 bits per heavy atom. The molecule has 0 aliphatic carbocycles. The van der Waals surface area contributed by atoms with Crippen LogP contribution in [0.4, 0.5) is 4.79 Å². The van der Waals surface area contributed by atoms with Crippen LogP contribution in [0, 0.1) is 0 Å². The number of nitrogens with one attached hydrogen (secondary N) is 2. The third kappa shape index (κ3) is 19.5. The number of carbonyl (C=O) groups is 2. The van der Waals surface area contributed by atoms with Crippen LogP contribution in [0.15, 0.2) is 0 Å². The minimum absolute atomic E-state index is 0.0540.